The van der Waals surface area contributed by atoms with Crippen molar-refractivity contribution in [2.75, 3.05) is 40.3 Å². The minimum atomic E-state index is -0.205. The van der Waals surface area contributed by atoms with Gasteiger partial charge < -0.3 is 15.0 Å². The fourth-order valence-corrected chi connectivity index (χ4v) is 4.60. The van der Waals surface area contributed by atoms with Crippen molar-refractivity contribution in [2.24, 2.45) is 0 Å². The lowest BCUT2D eigenvalue weighted by molar-refractivity contribution is -0.147. The van der Waals surface area contributed by atoms with E-state index >= 15 is 0 Å². The van der Waals surface area contributed by atoms with Crippen LogP contribution >= 0.6 is 0 Å². The summed E-state index contributed by atoms with van der Waals surface area (Å²) >= 11 is 0. The van der Waals surface area contributed by atoms with Crippen LogP contribution in [0.25, 0.3) is 5.69 Å². The molecule has 2 heterocycles. The minimum Gasteiger partial charge on any atom is -0.371 e. The molecule has 1 aliphatic heterocycles. The Morgan fingerprint density at radius 2 is 2.13 bits per heavy atom. The molecule has 0 unspecified atom stereocenters. The van der Waals surface area contributed by atoms with E-state index in [4.69, 9.17) is 4.74 Å². The number of ether oxygens (including phenoxy) is 1. The van der Waals surface area contributed by atoms with E-state index in [0.29, 0.717) is 6.54 Å². The second-order valence-corrected chi connectivity index (χ2v) is 8.61. The topological polar surface area (TPSA) is 75.5 Å². The SMILES string of the molecule is CN(C)C(=O)CN[C@@H]1CCCC[C@]12CN(Cc1ccc(-n3ccnn3)cc1)CCO2. The van der Waals surface area contributed by atoms with Gasteiger partial charge in [-0.3, -0.25) is 9.69 Å². The highest BCUT2D eigenvalue weighted by molar-refractivity contribution is 5.77. The lowest BCUT2D eigenvalue weighted by atomic mass is 9.78. The molecule has 1 spiro atoms. The zero-order valence-corrected chi connectivity index (χ0v) is 18.0. The Bertz CT molecular complexity index is 819. The molecule has 1 aromatic heterocycles. The number of rotatable bonds is 6. The zero-order chi connectivity index (χ0) is 21.0. The highest BCUT2D eigenvalue weighted by atomic mass is 16.5. The summed E-state index contributed by atoms with van der Waals surface area (Å²) in [5.74, 6) is 0.107. The summed E-state index contributed by atoms with van der Waals surface area (Å²) in [5.41, 5.74) is 2.08. The summed E-state index contributed by atoms with van der Waals surface area (Å²) in [6.07, 6.45) is 7.99. The van der Waals surface area contributed by atoms with Crippen LogP contribution < -0.4 is 5.32 Å². The number of nitrogens with zero attached hydrogens (tertiary/aromatic N) is 5. The molecule has 1 amide bonds. The maximum absolute atomic E-state index is 12.1. The summed E-state index contributed by atoms with van der Waals surface area (Å²) in [5, 5.41) is 11.4. The Kier molecular flexibility index (Phi) is 6.46. The number of morpholine rings is 1. The number of benzene rings is 1. The van der Waals surface area contributed by atoms with E-state index in [9.17, 15) is 4.79 Å². The summed E-state index contributed by atoms with van der Waals surface area (Å²) in [7, 11) is 3.60. The van der Waals surface area contributed by atoms with E-state index in [1.807, 2.05) is 6.20 Å². The van der Waals surface area contributed by atoms with E-state index in [1.165, 1.54) is 18.4 Å². The molecule has 162 valence electrons. The number of carbonyl (C=O) groups excluding carboxylic acids is 1. The first-order chi connectivity index (χ1) is 14.6. The molecule has 1 N–H and O–H groups in total. The number of nitrogens with one attached hydrogen (secondary N) is 1. The maximum Gasteiger partial charge on any atom is 0.236 e. The first-order valence-electron chi connectivity index (χ1n) is 10.8. The Morgan fingerprint density at radius 3 is 2.87 bits per heavy atom. The Hall–Kier alpha value is -2.29. The fourth-order valence-electron chi connectivity index (χ4n) is 4.60. The molecule has 1 saturated heterocycles. The van der Waals surface area contributed by atoms with Crippen molar-refractivity contribution >= 4 is 5.91 Å². The van der Waals surface area contributed by atoms with Gasteiger partial charge in [0.1, 0.15) is 0 Å². The average molecular weight is 413 g/mol. The van der Waals surface area contributed by atoms with Gasteiger partial charge in [0.15, 0.2) is 0 Å². The zero-order valence-electron chi connectivity index (χ0n) is 18.0. The van der Waals surface area contributed by atoms with E-state index in [0.717, 1.165) is 44.8 Å². The molecule has 30 heavy (non-hydrogen) atoms. The van der Waals surface area contributed by atoms with Crippen molar-refractivity contribution in [2.45, 2.75) is 43.9 Å². The van der Waals surface area contributed by atoms with Crippen molar-refractivity contribution in [1.29, 1.82) is 0 Å². The molecule has 2 fully saturated rings. The molecule has 2 aromatic rings. The van der Waals surface area contributed by atoms with Gasteiger partial charge in [0.05, 0.1) is 36.8 Å². The van der Waals surface area contributed by atoms with Gasteiger partial charge in [0.2, 0.25) is 5.91 Å². The van der Waals surface area contributed by atoms with Crippen LogP contribution in [0.3, 0.4) is 0 Å². The third-order valence-electron chi connectivity index (χ3n) is 6.29. The summed E-state index contributed by atoms with van der Waals surface area (Å²) in [6, 6.07) is 8.69. The smallest absolute Gasteiger partial charge is 0.236 e. The van der Waals surface area contributed by atoms with Crippen LogP contribution in [-0.2, 0) is 16.1 Å². The van der Waals surface area contributed by atoms with E-state index in [-0.39, 0.29) is 17.6 Å². The predicted octanol–water partition coefficient (Wildman–Crippen LogP) is 1.46. The lowest BCUT2D eigenvalue weighted by Gasteiger charge is -2.50. The lowest BCUT2D eigenvalue weighted by Crippen LogP contribution is -2.63. The largest absolute Gasteiger partial charge is 0.371 e. The molecule has 0 radical (unpaired) electrons. The van der Waals surface area contributed by atoms with Gasteiger partial charge in [-0.1, -0.05) is 30.2 Å². The number of carbonyl (C=O) groups is 1. The Balaban J connectivity index is 1.40. The molecule has 2 atom stereocenters. The van der Waals surface area contributed by atoms with Crippen LogP contribution in [0.1, 0.15) is 31.2 Å². The van der Waals surface area contributed by atoms with Crippen molar-refractivity contribution in [1.82, 2.24) is 30.1 Å². The number of hydrogen-bond donors (Lipinski definition) is 1. The Labute approximate surface area is 178 Å². The van der Waals surface area contributed by atoms with Crippen LogP contribution in [0.2, 0.25) is 0 Å². The predicted molar refractivity (Wildman–Crippen MR) is 114 cm³/mol. The third-order valence-corrected chi connectivity index (χ3v) is 6.29. The fraction of sp³-hybridized carbons (Fsp3) is 0.591. The second kappa shape index (κ2) is 9.24. The number of likely N-dealkylation sites (N-methyl/N-ethyl adjacent to an activating group) is 1. The van der Waals surface area contributed by atoms with E-state index in [1.54, 1.807) is 29.9 Å². The van der Waals surface area contributed by atoms with E-state index < -0.39 is 0 Å². The van der Waals surface area contributed by atoms with Gasteiger partial charge in [-0.2, -0.15) is 0 Å². The summed E-state index contributed by atoms with van der Waals surface area (Å²) in [6.45, 7) is 3.82. The highest BCUT2D eigenvalue weighted by Crippen LogP contribution is 2.35. The standard InChI is InChI=1S/C22H32N6O2/c1-26(2)21(29)15-23-20-5-3-4-10-22(20)17-27(13-14-30-22)16-18-6-8-19(9-7-18)28-12-11-24-25-28/h6-9,11-12,20,23H,3-5,10,13-17H2,1-2H3/t20-,22+/m1/s1. The molecular formula is C22H32N6O2. The van der Waals surface area contributed by atoms with Gasteiger partial charge in [0.25, 0.3) is 0 Å². The average Bonchev–Trinajstić information content (AvgIpc) is 3.28. The number of hydrogen-bond acceptors (Lipinski definition) is 6. The van der Waals surface area contributed by atoms with Gasteiger partial charge in [-0.15, -0.1) is 5.10 Å². The van der Waals surface area contributed by atoms with Crippen molar-refractivity contribution in [3.8, 4) is 5.69 Å². The molecule has 1 aliphatic carbocycles. The number of amides is 1. The molecular weight excluding hydrogens is 380 g/mol. The van der Waals surface area contributed by atoms with Crippen LogP contribution in [0.15, 0.2) is 36.7 Å². The van der Waals surface area contributed by atoms with Gasteiger partial charge in [-0.25, -0.2) is 4.68 Å². The number of aromatic nitrogens is 3. The maximum atomic E-state index is 12.1. The molecule has 1 saturated carbocycles. The van der Waals surface area contributed by atoms with Gasteiger partial charge in [-0.05, 0) is 30.5 Å². The monoisotopic (exact) mass is 412 g/mol. The second-order valence-electron chi connectivity index (χ2n) is 8.61. The van der Waals surface area contributed by atoms with Crippen LogP contribution in [-0.4, -0.2) is 82.7 Å². The van der Waals surface area contributed by atoms with Crippen molar-refractivity contribution in [3.63, 3.8) is 0 Å². The van der Waals surface area contributed by atoms with Crippen molar-refractivity contribution < 1.29 is 9.53 Å². The third kappa shape index (κ3) is 4.71. The van der Waals surface area contributed by atoms with Crippen LogP contribution in [0, 0.1) is 0 Å². The van der Waals surface area contributed by atoms with Crippen LogP contribution in [0.4, 0.5) is 0 Å². The molecule has 4 rings (SSSR count). The van der Waals surface area contributed by atoms with Crippen molar-refractivity contribution in [3.05, 3.63) is 42.2 Å². The molecule has 1 aromatic carbocycles. The summed E-state index contributed by atoms with van der Waals surface area (Å²) < 4.78 is 8.16. The summed E-state index contributed by atoms with van der Waals surface area (Å²) in [4.78, 5) is 16.2. The molecule has 2 aliphatic rings. The van der Waals surface area contributed by atoms with E-state index in [2.05, 4.69) is 44.8 Å². The van der Waals surface area contributed by atoms with Crippen LogP contribution in [0.5, 0.6) is 0 Å². The quantitative estimate of drug-likeness (QED) is 0.774. The van der Waals surface area contributed by atoms with Gasteiger partial charge >= 0.3 is 0 Å². The first-order valence-corrected chi connectivity index (χ1v) is 10.8. The normalized spacial score (nSPS) is 24.8. The first kappa shape index (κ1) is 21.0. The van der Waals surface area contributed by atoms with Gasteiger partial charge in [0, 0.05) is 39.8 Å². The Morgan fingerprint density at radius 1 is 1.30 bits per heavy atom. The molecule has 8 nitrogen and oxygen atoms in total. The molecule has 8 heteroatoms. The highest BCUT2D eigenvalue weighted by Gasteiger charge is 2.45. The minimum absolute atomic E-state index is 0.107. The molecule has 0 bridgehead atoms.